The standard InChI is InChI=1S/C11H17NO/c1-8-5-9(2)11(13)10(6-8)7-12(3)4/h5-6,13H,7H2,1-4H3/p+1. The second-order valence-electron chi connectivity index (χ2n) is 3.97. The molecular weight excluding hydrogens is 162 g/mol. The number of rotatable bonds is 2. The average Bonchev–Trinajstić information content (AvgIpc) is 1.98. The van der Waals surface area contributed by atoms with Gasteiger partial charge >= 0.3 is 0 Å². The molecule has 0 saturated carbocycles. The van der Waals surface area contributed by atoms with E-state index in [1.807, 2.05) is 13.0 Å². The number of phenols is 1. The molecule has 0 atom stereocenters. The molecule has 0 amide bonds. The molecule has 1 rings (SSSR count). The Morgan fingerprint density at radius 2 is 1.85 bits per heavy atom. The quantitative estimate of drug-likeness (QED) is 0.686. The number of phenolic OH excluding ortho intramolecular Hbond substituents is 1. The molecule has 1 aromatic carbocycles. The minimum absolute atomic E-state index is 0.451. The van der Waals surface area contributed by atoms with Gasteiger partial charge in [-0.05, 0) is 25.5 Å². The van der Waals surface area contributed by atoms with Gasteiger partial charge in [-0.3, -0.25) is 0 Å². The van der Waals surface area contributed by atoms with Crippen LogP contribution in [-0.4, -0.2) is 19.2 Å². The molecule has 72 valence electrons. The monoisotopic (exact) mass is 180 g/mol. The summed E-state index contributed by atoms with van der Waals surface area (Å²) >= 11 is 0. The fourth-order valence-corrected chi connectivity index (χ4v) is 1.56. The van der Waals surface area contributed by atoms with Gasteiger partial charge in [0.05, 0.1) is 14.1 Å². The SMILES string of the molecule is Cc1cc(C)c(O)c(C[NH+](C)C)c1. The Kier molecular flexibility index (Phi) is 2.94. The summed E-state index contributed by atoms with van der Waals surface area (Å²) in [5.74, 6) is 0.451. The molecule has 2 heteroatoms. The highest BCUT2D eigenvalue weighted by Crippen LogP contribution is 2.22. The Labute approximate surface area is 79.8 Å². The van der Waals surface area contributed by atoms with E-state index >= 15 is 0 Å². The van der Waals surface area contributed by atoms with Gasteiger partial charge in [0, 0.05) is 5.56 Å². The summed E-state index contributed by atoms with van der Waals surface area (Å²) in [5, 5.41) is 9.76. The lowest BCUT2D eigenvalue weighted by Gasteiger charge is -2.11. The molecule has 0 unspecified atom stereocenters. The zero-order chi connectivity index (χ0) is 10.0. The van der Waals surface area contributed by atoms with Crippen LogP contribution < -0.4 is 4.90 Å². The van der Waals surface area contributed by atoms with Crippen LogP contribution >= 0.6 is 0 Å². The average molecular weight is 180 g/mol. The van der Waals surface area contributed by atoms with E-state index in [0.29, 0.717) is 5.75 Å². The second kappa shape index (κ2) is 3.79. The van der Waals surface area contributed by atoms with Gasteiger partial charge in [0.15, 0.2) is 0 Å². The summed E-state index contributed by atoms with van der Waals surface area (Å²) in [6, 6.07) is 4.05. The zero-order valence-electron chi connectivity index (χ0n) is 8.81. The Bertz CT molecular complexity index is 305. The fourth-order valence-electron chi connectivity index (χ4n) is 1.56. The predicted molar refractivity (Wildman–Crippen MR) is 54.1 cm³/mol. The summed E-state index contributed by atoms with van der Waals surface area (Å²) in [6.07, 6.45) is 0. The highest BCUT2D eigenvalue weighted by molar-refractivity contribution is 5.42. The van der Waals surface area contributed by atoms with Gasteiger partial charge < -0.3 is 10.0 Å². The molecule has 2 nitrogen and oxygen atoms in total. The van der Waals surface area contributed by atoms with Crippen LogP contribution in [0, 0.1) is 13.8 Å². The third-order valence-corrected chi connectivity index (χ3v) is 2.07. The van der Waals surface area contributed by atoms with E-state index in [0.717, 1.165) is 17.7 Å². The zero-order valence-corrected chi connectivity index (χ0v) is 8.81. The van der Waals surface area contributed by atoms with Crippen LogP contribution in [0.2, 0.25) is 0 Å². The number of aromatic hydroxyl groups is 1. The normalized spacial score (nSPS) is 10.8. The Hall–Kier alpha value is -1.02. The number of benzene rings is 1. The number of nitrogens with one attached hydrogen (secondary N) is 1. The summed E-state index contributed by atoms with van der Waals surface area (Å²) in [7, 11) is 4.16. The van der Waals surface area contributed by atoms with Crippen molar-refractivity contribution in [3.8, 4) is 5.75 Å². The minimum Gasteiger partial charge on any atom is -0.507 e. The van der Waals surface area contributed by atoms with Gasteiger partial charge in [0.1, 0.15) is 12.3 Å². The van der Waals surface area contributed by atoms with E-state index in [4.69, 9.17) is 0 Å². The molecule has 0 radical (unpaired) electrons. The lowest BCUT2D eigenvalue weighted by molar-refractivity contribution is -0.872. The van der Waals surface area contributed by atoms with E-state index < -0.39 is 0 Å². The maximum atomic E-state index is 9.76. The van der Waals surface area contributed by atoms with E-state index in [1.54, 1.807) is 0 Å². The maximum absolute atomic E-state index is 9.76. The first-order chi connectivity index (χ1) is 6.00. The van der Waals surface area contributed by atoms with Crippen LogP contribution in [-0.2, 0) is 6.54 Å². The van der Waals surface area contributed by atoms with Gasteiger partial charge in [-0.25, -0.2) is 0 Å². The van der Waals surface area contributed by atoms with Crippen molar-refractivity contribution < 1.29 is 10.0 Å². The third-order valence-electron chi connectivity index (χ3n) is 2.07. The third kappa shape index (κ3) is 2.46. The van der Waals surface area contributed by atoms with Crippen molar-refractivity contribution >= 4 is 0 Å². The molecule has 0 saturated heterocycles. The highest BCUT2D eigenvalue weighted by Gasteiger charge is 2.07. The lowest BCUT2D eigenvalue weighted by atomic mass is 10.1. The Morgan fingerprint density at radius 3 is 2.38 bits per heavy atom. The first-order valence-corrected chi connectivity index (χ1v) is 4.59. The molecule has 0 heterocycles. The molecule has 0 aromatic heterocycles. The number of aryl methyl sites for hydroxylation is 2. The molecular formula is C11H18NO+. The Balaban J connectivity index is 3.05. The van der Waals surface area contributed by atoms with Crippen molar-refractivity contribution in [2.45, 2.75) is 20.4 Å². The van der Waals surface area contributed by atoms with Gasteiger partial charge in [0.2, 0.25) is 0 Å². The largest absolute Gasteiger partial charge is 0.507 e. The van der Waals surface area contributed by atoms with Crippen LogP contribution in [0.4, 0.5) is 0 Å². The van der Waals surface area contributed by atoms with Crippen LogP contribution in [0.1, 0.15) is 16.7 Å². The molecule has 2 N–H and O–H groups in total. The van der Waals surface area contributed by atoms with Gasteiger partial charge in [-0.2, -0.15) is 0 Å². The van der Waals surface area contributed by atoms with Gasteiger partial charge in [0.25, 0.3) is 0 Å². The summed E-state index contributed by atoms with van der Waals surface area (Å²) < 4.78 is 0. The summed E-state index contributed by atoms with van der Waals surface area (Å²) in [6.45, 7) is 4.87. The first kappa shape index (κ1) is 10.1. The van der Waals surface area contributed by atoms with E-state index in [1.165, 1.54) is 10.5 Å². The fraction of sp³-hybridized carbons (Fsp3) is 0.455. The van der Waals surface area contributed by atoms with E-state index in [2.05, 4.69) is 27.1 Å². The molecule has 1 aromatic rings. The van der Waals surface area contributed by atoms with E-state index in [9.17, 15) is 5.11 Å². The Morgan fingerprint density at radius 1 is 1.23 bits per heavy atom. The molecule has 0 spiro atoms. The molecule has 0 fully saturated rings. The molecule has 0 aliphatic heterocycles. The number of quaternary nitrogens is 1. The van der Waals surface area contributed by atoms with Crippen molar-refractivity contribution in [1.29, 1.82) is 0 Å². The number of hydrogen-bond donors (Lipinski definition) is 2. The predicted octanol–water partition coefficient (Wildman–Crippen LogP) is 0.654. The molecule has 0 aliphatic carbocycles. The lowest BCUT2D eigenvalue weighted by Crippen LogP contribution is -3.04. The van der Waals surface area contributed by atoms with Crippen LogP contribution in [0.25, 0.3) is 0 Å². The summed E-state index contributed by atoms with van der Waals surface area (Å²) in [5.41, 5.74) is 3.22. The van der Waals surface area contributed by atoms with Crippen molar-refractivity contribution in [3.63, 3.8) is 0 Å². The van der Waals surface area contributed by atoms with Crippen LogP contribution in [0.5, 0.6) is 5.75 Å². The van der Waals surface area contributed by atoms with Crippen molar-refractivity contribution in [1.82, 2.24) is 0 Å². The van der Waals surface area contributed by atoms with Crippen molar-refractivity contribution in [2.24, 2.45) is 0 Å². The van der Waals surface area contributed by atoms with Crippen molar-refractivity contribution in [3.05, 3.63) is 28.8 Å². The van der Waals surface area contributed by atoms with Gasteiger partial charge in [-0.15, -0.1) is 0 Å². The smallest absolute Gasteiger partial charge is 0.127 e. The first-order valence-electron chi connectivity index (χ1n) is 4.59. The maximum Gasteiger partial charge on any atom is 0.127 e. The highest BCUT2D eigenvalue weighted by atomic mass is 16.3. The van der Waals surface area contributed by atoms with Crippen LogP contribution in [0.15, 0.2) is 12.1 Å². The van der Waals surface area contributed by atoms with Gasteiger partial charge in [-0.1, -0.05) is 11.6 Å². The van der Waals surface area contributed by atoms with E-state index in [-0.39, 0.29) is 0 Å². The number of hydrogen-bond acceptors (Lipinski definition) is 1. The summed E-state index contributed by atoms with van der Waals surface area (Å²) in [4.78, 5) is 1.32. The van der Waals surface area contributed by atoms with Crippen LogP contribution in [0.3, 0.4) is 0 Å². The van der Waals surface area contributed by atoms with Crippen molar-refractivity contribution in [2.75, 3.05) is 14.1 Å². The topological polar surface area (TPSA) is 24.7 Å². The second-order valence-corrected chi connectivity index (χ2v) is 3.97. The molecule has 0 bridgehead atoms. The molecule has 13 heavy (non-hydrogen) atoms. The molecule has 0 aliphatic rings. The minimum atomic E-state index is 0.451.